The Morgan fingerprint density at radius 1 is 1.21 bits per heavy atom. The van der Waals surface area contributed by atoms with Crippen molar-refractivity contribution in [3.05, 3.63) is 0 Å². The highest BCUT2D eigenvalue weighted by Gasteiger charge is 2.03. The molecular weight excluding hydrogens is 196 g/mol. The van der Waals surface area contributed by atoms with Gasteiger partial charge >= 0.3 is 5.97 Å². The molecule has 0 aromatic carbocycles. The van der Waals surface area contributed by atoms with Gasteiger partial charge in [0.25, 0.3) is 0 Å². The first-order chi connectivity index (χ1) is 6.66. The van der Waals surface area contributed by atoms with E-state index < -0.39 is 5.97 Å². The summed E-state index contributed by atoms with van der Waals surface area (Å²) < 4.78 is 0. The first-order valence-corrected chi connectivity index (χ1v) is 6.08. The SMILES string of the molecule is CCCCCC(S)CCCCC(=O)O. The maximum absolute atomic E-state index is 10.2. The van der Waals surface area contributed by atoms with Crippen molar-refractivity contribution >= 4 is 18.6 Å². The molecule has 0 amide bonds. The number of rotatable bonds is 9. The molecule has 0 fully saturated rings. The maximum atomic E-state index is 10.2. The molecule has 0 saturated carbocycles. The molecule has 1 N–H and O–H groups in total. The number of unbranched alkanes of at least 4 members (excludes halogenated alkanes) is 3. The number of hydrogen-bond donors (Lipinski definition) is 2. The molecule has 0 heterocycles. The first kappa shape index (κ1) is 13.8. The highest BCUT2D eigenvalue weighted by Crippen LogP contribution is 2.15. The summed E-state index contributed by atoms with van der Waals surface area (Å²) in [5, 5.41) is 8.90. The van der Waals surface area contributed by atoms with Crippen LogP contribution in [0.2, 0.25) is 0 Å². The maximum Gasteiger partial charge on any atom is 0.303 e. The van der Waals surface area contributed by atoms with Gasteiger partial charge in [0, 0.05) is 11.7 Å². The van der Waals surface area contributed by atoms with Gasteiger partial charge in [-0.3, -0.25) is 4.79 Å². The number of carboxylic acid groups (broad SMARTS) is 1. The van der Waals surface area contributed by atoms with Crippen molar-refractivity contribution in [3.63, 3.8) is 0 Å². The Morgan fingerprint density at radius 2 is 1.79 bits per heavy atom. The smallest absolute Gasteiger partial charge is 0.303 e. The summed E-state index contributed by atoms with van der Waals surface area (Å²) in [6.07, 6.45) is 8.10. The predicted octanol–water partition coefficient (Wildman–Crippen LogP) is 3.51. The molecule has 0 radical (unpaired) electrons. The number of carbonyl (C=O) groups is 1. The fourth-order valence-electron chi connectivity index (χ4n) is 1.43. The summed E-state index contributed by atoms with van der Waals surface area (Å²) in [7, 11) is 0. The van der Waals surface area contributed by atoms with E-state index in [4.69, 9.17) is 5.11 Å². The Kier molecular flexibility index (Phi) is 9.26. The van der Waals surface area contributed by atoms with Crippen molar-refractivity contribution in [2.24, 2.45) is 0 Å². The Balaban J connectivity index is 3.18. The number of thiol groups is 1. The van der Waals surface area contributed by atoms with E-state index in [-0.39, 0.29) is 0 Å². The van der Waals surface area contributed by atoms with Crippen molar-refractivity contribution in [1.82, 2.24) is 0 Å². The molecule has 0 spiro atoms. The molecule has 3 heteroatoms. The van der Waals surface area contributed by atoms with Crippen LogP contribution < -0.4 is 0 Å². The van der Waals surface area contributed by atoms with Gasteiger partial charge in [-0.15, -0.1) is 0 Å². The van der Waals surface area contributed by atoms with Crippen LogP contribution in [-0.2, 0) is 4.79 Å². The van der Waals surface area contributed by atoms with Crippen molar-refractivity contribution in [2.45, 2.75) is 63.5 Å². The van der Waals surface area contributed by atoms with Crippen molar-refractivity contribution in [1.29, 1.82) is 0 Å². The summed E-state index contributed by atoms with van der Waals surface area (Å²) >= 11 is 4.48. The van der Waals surface area contributed by atoms with E-state index in [1.54, 1.807) is 0 Å². The van der Waals surface area contributed by atoms with Gasteiger partial charge in [-0.05, 0) is 19.3 Å². The average Bonchev–Trinajstić information content (AvgIpc) is 2.13. The molecule has 0 aliphatic rings. The lowest BCUT2D eigenvalue weighted by Gasteiger charge is -2.09. The number of aliphatic carboxylic acids is 1. The van der Waals surface area contributed by atoms with E-state index in [1.807, 2.05) is 0 Å². The molecule has 1 unspecified atom stereocenters. The van der Waals surface area contributed by atoms with Gasteiger partial charge < -0.3 is 5.11 Å². The Morgan fingerprint density at radius 3 is 2.29 bits per heavy atom. The van der Waals surface area contributed by atoms with Gasteiger partial charge in [-0.2, -0.15) is 12.6 Å². The molecule has 0 aromatic heterocycles. The number of carboxylic acids is 1. The van der Waals surface area contributed by atoms with Crippen LogP contribution in [0.25, 0.3) is 0 Å². The average molecular weight is 218 g/mol. The third kappa shape index (κ3) is 9.90. The normalized spacial score (nSPS) is 12.7. The van der Waals surface area contributed by atoms with E-state index >= 15 is 0 Å². The molecule has 0 rings (SSSR count). The monoisotopic (exact) mass is 218 g/mol. The second kappa shape index (κ2) is 9.38. The third-order valence-electron chi connectivity index (χ3n) is 2.32. The predicted molar refractivity (Wildman–Crippen MR) is 63.0 cm³/mol. The minimum absolute atomic E-state index is 0.301. The van der Waals surface area contributed by atoms with Gasteiger partial charge in [-0.1, -0.05) is 32.6 Å². The zero-order valence-corrected chi connectivity index (χ0v) is 9.93. The van der Waals surface area contributed by atoms with Crippen molar-refractivity contribution < 1.29 is 9.90 Å². The Labute approximate surface area is 92.5 Å². The highest BCUT2D eigenvalue weighted by atomic mass is 32.1. The van der Waals surface area contributed by atoms with Gasteiger partial charge in [0.1, 0.15) is 0 Å². The minimum atomic E-state index is -0.688. The van der Waals surface area contributed by atoms with Crippen LogP contribution in [0, 0.1) is 0 Å². The summed E-state index contributed by atoms with van der Waals surface area (Å²) in [5.74, 6) is -0.688. The van der Waals surface area contributed by atoms with E-state index in [2.05, 4.69) is 19.6 Å². The highest BCUT2D eigenvalue weighted by molar-refractivity contribution is 7.80. The second-order valence-electron chi connectivity index (χ2n) is 3.79. The quantitative estimate of drug-likeness (QED) is 0.459. The fourth-order valence-corrected chi connectivity index (χ4v) is 1.80. The molecule has 0 bridgehead atoms. The molecular formula is C11H22O2S. The topological polar surface area (TPSA) is 37.3 Å². The van der Waals surface area contributed by atoms with Crippen LogP contribution in [0.5, 0.6) is 0 Å². The van der Waals surface area contributed by atoms with Crippen LogP contribution >= 0.6 is 12.6 Å². The van der Waals surface area contributed by atoms with E-state index in [1.165, 1.54) is 25.7 Å². The summed E-state index contributed by atoms with van der Waals surface area (Å²) in [5.41, 5.74) is 0. The van der Waals surface area contributed by atoms with Crippen LogP contribution in [0.1, 0.15) is 58.3 Å². The zero-order valence-electron chi connectivity index (χ0n) is 9.04. The molecule has 1 atom stereocenters. The van der Waals surface area contributed by atoms with Gasteiger partial charge in [0.2, 0.25) is 0 Å². The molecule has 0 aromatic rings. The van der Waals surface area contributed by atoms with Crippen molar-refractivity contribution in [2.75, 3.05) is 0 Å². The van der Waals surface area contributed by atoms with E-state index in [0.717, 1.165) is 19.3 Å². The van der Waals surface area contributed by atoms with Gasteiger partial charge in [-0.25, -0.2) is 0 Å². The minimum Gasteiger partial charge on any atom is -0.481 e. The lowest BCUT2D eigenvalue weighted by molar-refractivity contribution is -0.137. The van der Waals surface area contributed by atoms with Crippen LogP contribution in [0.3, 0.4) is 0 Å². The molecule has 84 valence electrons. The second-order valence-corrected chi connectivity index (χ2v) is 4.52. The number of hydrogen-bond acceptors (Lipinski definition) is 2. The molecule has 14 heavy (non-hydrogen) atoms. The molecule has 0 aliphatic heterocycles. The largest absolute Gasteiger partial charge is 0.481 e. The van der Waals surface area contributed by atoms with E-state index in [9.17, 15) is 4.79 Å². The summed E-state index contributed by atoms with van der Waals surface area (Å²) in [6.45, 7) is 2.19. The van der Waals surface area contributed by atoms with E-state index in [0.29, 0.717) is 11.7 Å². The fraction of sp³-hybridized carbons (Fsp3) is 0.909. The standard InChI is InChI=1S/C11H22O2S/c1-2-3-4-7-10(14)8-5-6-9-11(12)13/h10,14H,2-9H2,1H3,(H,12,13). The van der Waals surface area contributed by atoms with Crippen LogP contribution in [-0.4, -0.2) is 16.3 Å². The summed E-state index contributed by atoms with van der Waals surface area (Å²) in [6, 6.07) is 0. The van der Waals surface area contributed by atoms with Crippen LogP contribution in [0.4, 0.5) is 0 Å². The lowest BCUT2D eigenvalue weighted by atomic mass is 10.1. The van der Waals surface area contributed by atoms with Crippen LogP contribution in [0.15, 0.2) is 0 Å². The van der Waals surface area contributed by atoms with Gasteiger partial charge in [0.15, 0.2) is 0 Å². The third-order valence-corrected chi connectivity index (χ3v) is 2.84. The Bertz CT molecular complexity index is 148. The molecule has 0 aliphatic carbocycles. The summed E-state index contributed by atoms with van der Waals surface area (Å²) in [4.78, 5) is 10.2. The Hall–Kier alpha value is -0.180. The first-order valence-electron chi connectivity index (χ1n) is 5.56. The van der Waals surface area contributed by atoms with Gasteiger partial charge in [0.05, 0.1) is 0 Å². The lowest BCUT2D eigenvalue weighted by Crippen LogP contribution is -2.00. The zero-order chi connectivity index (χ0) is 10.8. The molecule has 2 nitrogen and oxygen atoms in total. The molecule has 0 saturated heterocycles. The van der Waals surface area contributed by atoms with Crippen molar-refractivity contribution in [3.8, 4) is 0 Å².